The molecule has 1 aliphatic heterocycles. The first-order valence-corrected chi connectivity index (χ1v) is 6.50. The molecule has 2 aliphatic rings. The maximum absolute atomic E-state index is 12.9. The predicted molar refractivity (Wildman–Crippen MR) is 63.5 cm³/mol. The van der Waals surface area contributed by atoms with E-state index in [0.29, 0.717) is 18.0 Å². The fourth-order valence-electron chi connectivity index (χ4n) is 3.42. The summed E-state index contributed by atoms with van der Waals surface area (Å²) in [5, 5.41) is 3.42. The first-order chi connectivity index (χ1) is 8.57. The molecule has 1 aromatic carbocycles. The van der Waals surface area contributed by atoms with Crippen molar-refractivity contribution in [2.45, 2.75) is 43.8 Å². The van der Waals surface area contributed by atoms with Crippen molar-refractivity contribution in [3.63, 3.8) is 0 Å². The van der Waals surface area contributed by atoms with Gasteiger partial charge in [-0.3, -0.25) is 0 Å². The molecule has 0 saturated carbocycles. The minimum atomic E-state index is -4.22. The lowest BCUT2D eigenvalue weighted by molar-refractivity contribution is -0.138. The molecular weight excluding hydrogens is 239 g/mol. The maximum atomic E-state index is 12.9. The molecule has 0 spiro atoms. The molecule has 1 fully saturated rings. The van der Waals surface area contributed by atoms with Gasteiger partial charge in [0.2, 0.25) is 0 Å². The predicted octanol–water partition coefficient (Wildman–Crippen LogP) is 3.49. The van der Waals surface area contributed by atoms with Gasteiger partial charge >= 0.3 is 6.18 Å². The van der Waals surface area contributed by atoms with Gasteiger partial charge in [-0.15, -0.1) is 0 Å². The molecule has 0 amide bonds. The Morgan fingerprint density at radius 2 is 2.00 bits per heavy atom. The number of hydrogen-bond donors (Lipinski definition) is 1. The van der Waals surface area contributed by atoms with Crippen LogP contribution in [0.15, 0.2) is 18.2 Å². The fraction of sp³-hybridized carbons (Fsp3) is 0.571. The zero-order valence-corrected chi connectivity index (χ0v) is 10.1. The lowest BCUT2D eigenvalue weighted by Gasteiger charge is -2.20. The Bertz CT molecular complexity index is 447. The van der Waals surface area contributed by atoms with E-state index in [4.69, 9.17) is 0 Å². The van der Waals surface area contributed by atoms with E-state index in [0.717, 1.165) is 31.4 Å². The first kappa shape index (κ1) is 12.0. The highest BCUT2D eigenvalue weighted by molar-refractivity contribution is 5.43. The van der Waals surface area contributed by atoms with E-state index in [2.05, 4.69) is 5.32 Å². The second-order valence-electron chi connectivity index (χ2n) is 5.22. The molecule has 1 nitrogen and oxygen atoms in total. The summed E-state index contributed by atoms with van der Waals surface area (Å²) in [7, 11) is 0. The van der Waals surface area contributed by atoms with Gasteiger partial charge in [0.15, 0.2) is 0 Å². The highest BCUT2D eigenvalue weighted by atomic mass is 19.4. The number of rotatable bonds is 1. The Labute approximate surface area is 104 Å². The Hall–Kier alpha value is -1.03. The van der Waals surface area contributed by atoms with Crippen molar-refractivity contribution in [1.82, 2.24) is 5.32 Å². The monoisotopic (exact) mass is 255 g/mol. The summed E-state index contributed by atoms with van der Waals surface area (Å²) < 4.78 is 38.8. The molecule has 1 N–H and O–H groups in total. The van der Waals surface area contributed by atoms with Gasteiger partial charge in [-0.2, -0.15) is 13.2 Å². The van der Waals surface area contributed by atoms with Crippen LogP contribution in [0.25, 0.3) is 0 Å². The highest BCUT2D eigenvalue weighted by Crippen LogP contribution is 2.43. The molecule has 1 aliphatic carbocycles. The summed E-state index contributed by atoms with van der Waals surface area (Å²) in [6.07, 6.45) is -0.590. The summed E-state index contributed by atoms with van der Waals surface area (Å²) in [4.78, 5) is 0. The second kappa shape index (κ2) is 4.26. The van der Waals surface area contributed by atoms with Crippen LogP contribution in [-0.2, 0) is 12.6 Å². The van der Waals surface area contributed by atoms with Crippen LogP contribution >= 0.6 is 0 Å². The second-order valence-corrected chi connectivity index (χ2v) is 5.22. The SMILES string of the molecule is FC(F)(F)c1cccc2c1CCC2C1CCCN1. The van der Waals surface area contributed by atoms with E-state index in [-0.39, 0.29) is 5.92 Å². The standard InChI is InChI=1S/C14H16F3N/c15-14(16,17)12-4-1-3-9-10(12)6-7-11(9)13-5-2-8-18-13/h1,3-4,11,13,18H,2,5-8H2. The molecule has 1 heterocycles. The third-order valence-electron chi connectivity index (χ3n) is 4.21. The topological polar surface area (TPSA) is 12.0 Å². The molecule has 0 bridgehead atoms. The molecule has 18 heavy (non-hydrogen) atoms. The van der Waals surface area contributed by atoms with Crippen LogP contribution in [0.1, 0.15) is 41.9 Å². The van der Waals surface area contributed by atoms with E-state index < -0.39 is 11.7 Å². The third kappa shape index (κ3) is 1.92. The number of halogens is 3. The summed E-state index contributed by atoms with van der Waals surface area (Å²) >= 11 is 0. The molecule has 98 valence electrons. The van der Waals surface area contributed by atoms with Crippen LogP contribution in [0.5, 0.6) is 0 Å². The van der Waals surface area contributed by atoms with Crippen molar-refractivity contribution < 1.29 is 13.2 Å². The van der Waals surface area contributed by atoms with Gasteiger partial charge in [-0.05, 0) is 55.3 Å². The Morgan fingerprint density at radius 1 is 1.17 bits per heavy atom. The van der Waals surface area contributed by atoms with Crippen LogP contribution < -0.4 is 5.32 Å². The fourth-order valence-corrected chi connectivity index (χ4v) is 3.42. The van der Waals surface area contributed by atoms with Gasteiger partial charge in [0.05, 0.1) is 5.56 Å². The minimum Gasteiger partial charge on any atom is -0.313 e. The van der Waals surface area contributed by atoms with Crippen molar-refractivity contribution >= 4 is 0 Å². The molecule has 4 heteroatoms. The molecule has 1 saturated heterocycles. The molecular formula is C14H16F3N. The first-order valence-electron chi connectivity index (χ1n) is 6.50. The largest absolute Gasteiger partial charge is 0.416 e. The van der Waals surface area contributed by atoms with E-state index >= 15 is 0 Å². The lowest BCUT2D eigenvalue weighted by Crippen LogP contribution is -2.27. The number of hydrogen-bond acceptors (Lipinski definition) is 1. The van der Waals surface area contributed by atoms with Gasteiger partial charge in [0.1, 0.15) is 0 Å². The van der Waals surface area contributed by atoms with Crippen molar-refractivity contribution in [2.24, 2.45) is 0 Å². The number of alkyl halides is 3. The summed E-state index contributed by atoms with van der Waals surface area (Å²) in [6.45, 7) is 0.995. The van der Waals surface area contributed by atoms with Crippen LogP contribution in [0.4, 0.5) is 13.2 Å². The van der Waals surface area contributed by atoms with E-state index in [9.17, 15) is 13.2 Å². The Morgan fingerprint density at radius 3 is 2.67 bits per heavy atom. The van der Waals surface area contributed by atoms with Gasteiger partial charge in [-0.25, -0.2) is 0 Å². The van der Waals surface area contributed by atoms with Crippen LogP contribution in [-0.4, -0.2) is 12.6 Å². The van der Waals surface area contributed by atoms with Gasteiger partial charge in [0.25, 0.3) is 0 Å². The van der Waals surface area contributed by atoms with Crippen LogP contribution in [0.2, 0.25) is 0 Å². The maximum Gasteiger partial charge on any atom is 0.416 e. The summed E-state index contributed by atoms with van der Waals surface area (Å²) in [6, 6.07) is 5.01. The summed E-state index contributed by atoms with van der Waals surface area (Å²) in [5.74, 6) is 0.268. The smallest absolute Gasteiger partial charge is 0.313 e. The molecule has 0 radical (unpaired) electrons. The number of fused-ring (bicyclic) bond motifs is 1. The van der Waals surface area contributed by atoms with E-state index in [1.807, 2.05) is 6.07 Å². The van der Waals surface area contributed by atoms with Crippen LogP contribution in [0.3, 0.4) is 0 Å². The quantitative estimate of drug-likeness (QED) is 0.810. The Kier molecular flexibility index (Phi) is 2.85. The Balaban J connectivity index is 1.97. The average molecular weight is 255 g/mol. The molecule has 2 atom stereocenters. The van der Waals surface area contributed by atoms with Gasteiger partial charge < -0.3 is 5.32 Å². The third-order valence-corrected chi connectivity index (χ3v) is 4.21. The average Bonchev–Trinajstić information content (AvgIpc) is 2.95. The van der Waals surface area contributed by atoms with Crippen molar-refractivity contribution in [3.05, 3.63) is 34.9 Å². The molecule has 2 unspecified atom stereocenters. The summed E-state index contributed by atoms with van der Waals surface area (Å²) in [5.41, 5.74) is 1.02. The van der Waals surface area contributed by atoms with Crippen LogP contribution in [0, 0.1) is 0 Å². The molecule has 0 aromatic heterocycles. The lowest BCUT2D eigenvalue weighted by atomic mass is 9.91. The number of nitrogens with one attached hydrogen (secondary N) is 1. The van der Waals surface area contributed by atoms with Crippen molar-refractivity contribution in [3.8, 4) is 0 Å². The zero-order chi connectivity index (χ0) is 12.8. The van der Waals surface area contributed by atoms with Crippen molar-refractivity contribution in [1.29, 1.82) is 0 Å². The molecule has 3 rings (SSSR count). The van der Waals surface area contributed by atoms with Gasteiger partial charge in [-0.1, -0.05) is 12.1 Å². The van der Waals surface area contributed by atoms with Crippen molar-refractivity contribution in [2.75, 3.05) is 6.54 Å². The van der Waals surface area contributed by atoms with E-state index in [1.165, 1.54) is 6.07 Å². The zero-order valence-electron chi connectivity index (χ0n) is 10.1. The highest BCUT2D eigenvalue weighted by Gasteiger charge is 2.39. The van der Waals surface area contributed by atoms with Gasteiger partial charge in [0, 0.05) is 6.04 Å². The minimum absolute atomic E-state index is 0.268. The normalized spacial score (nSPS) is 27.5. The number of benzene rings is 1. The molecule has 1 aromatic rings. The van der Waals surface area contributed by atoms with E-state index in [1.54, 1.807) is 6.07 Å².